The van der Waals surface area contributed by atoms with Crippen LogP contribution < -0.4 is 14.5 Å². The van der Waals surface area contributed by atoms with Crippen LogP contribution in [0.3, 0.4) is 0 Å². The number of methoxy groups -OCH3 is 1. The molecule has 0 aromatic heterocycles. The number of rotatable bonds is 8. The number of ether oxygens (including phenoxy) is 1. The van der Waals surface area contributed by atoms with E-state index in [4.69, 9.17) is 4.74 Å². The fourth-order valence-electron chi connectivity index (χ4n) is 3.12. The van der Waals surface area contributed by atoms with E-state index in [1.54, 1.807) is 61.5 Å². The lowest BCUT2D eigenvalue weighted by Crippen LogP contribution is -2.40. The molecule has 9 heteroatoms. The lowest BCUT2D eigenvalue weighted by Gasteiger charge is -2.25. The maximum absolute atomic E-state index is 13.5. The Morgan fingerprint density at radius 3 is 2.33 bits per heavy atom. The molecule has 2 N–H and O–H groups in total. The van der Waals surface area contributed by atoms with Crippen LogP contribution in [-0.4, -0.2) is 38.8 Å². The molecule has 0 radical (unpaired) electrons. The van der Waals surface area contributed by atoms with Crippen molar-refractivity contribution in [3.63, 3.8) is 0 Å². The number of carbonyl (C=O) groups is 1. The number of anilines is 1. The number of phenolic OH excluding ortho intramolecular Hbond substituents is 1. The second-order valence-electron chi connectivity index (χ2n) is 7.25. The zero-order valence-electron chi connectivity index (χ0n) is 18.5. The van der Waals surface area contributed by atoms with Crippen molar-refractivity contribution in [3.8, 4) is 11.5 Å². The first-order chi connectivity index (χ1) is 15.7. The van der Waals surface area contributed by atoms with Gasteiger partial charge in [-0.25, -0.2) is 13.8 Å². The maximum Gasteiger partial charge on any atom is 0.264 e. The van der Waals surface area contributed by atoms with E-state index in [9.17, 15) is 18.3 Å². The van der Waals surface area contributed by atoms with Crippen molar-refractivity contribution in [3.05, 3.63) is 83.9 Å². The monoisotopic (exact) mass is 467 g/mol. The third kappa shape index (κ3) is 5.50. The predicted molar refractivity (Wildman–Crippen MR) is 127 cm³/mol. The number of hydrazone groups is 1. The summed E-state index contributed by atoms with van der Waals surface area (Å²) in [5.74, 6) is -0.341. The Morgan fingerprint density at radius 2 is 1.67 bits per heavy atom. The zero-order chi connectivity index (χ0) is 24.0. The molecule has 33 heavy (non-hydrogen) atoms. The van der Waals surface area contributed by atoms with E-state index >= 15 is 0 Å². The number of hydrogen-bond donors (Lipinski definition) is 2. The molecule has 0 heterocycles. The fraction of sp³-hybridized carbons (Fsp3) is 0.167. The van der Waals surface area contributed by atoms with Crippen LogP contribution in [-0.2, 0) is 14.8 Å². The van der Waals surface area contributed by atoms with Gasteiger partial charge in [0.1, 0.15) is 18.0 Å². The van der Waals surface area contributed by atoms with E-state index in [2.05, 4.69) is 10.5 Å². The van der Waals surface area contributed by atoms with E-state index in [0.29, 0.717) is 17.0 Å². The van der Waals surface area contributed by atoms with Crippen LogP contribution in [0.15, 0.2) is 82.8 Å². The minimum Gasteiger partial charge on any atom is -0.507 e. The van der Waals surface area contributed by atoms with Gasteiger partial charge in [-0.15, -0.1) is 0 Å². The molecule has 0 saturated heterocycles. The number of benzene rings is 3. The summed E-state index contributed by atoms with van der Waals surface area (Å²) >= 11 is 0. The minimum absolute atomic E-state index is 0.0191. The van der Waals surface area contributed by atoms with Gasteiger partial charge in [0.05, 0.1) is 23.4 Å². The van der Waals surface area contributed by atoms with Crippen molar-refractivity contribution in [2.75, 3.05) is 18.0 Å². The second-order valence-corrected chi connectivity index (χ2v) is 9.11. The van der Waals surface area contributed by atoms with Crippen molar-refractivity contribution in [2.45, 2.75) is 18.7 Å². The number of aromatic hydroxyl groups is 1. The first-order valence-electron chi connectivity index (χ1n) is 10.1. The zero-order valence-corrected chi connectivity index (χ0v) is 19.3. The van der Waals surface area contributed by atoms with Crippen molar-refractivity contribution in [2.24, 2.45) is 5.10 Å². The first-order valence-corrected chi connectivity index (χ1v) is 11.5. The average Bonchev–Trinajstić information content (AvgIpc) is 2.81. The summed E-state index contributed by atoms with van der Waals surface area (Å²) in [6.45, 7) is 2.94. The summed E-state index contributed by atoms with van der Waals surface area (Å²) in [6, 6.07) is 19.5. The summed E-state index contributed by atoms with van der Waals surface area (Å²) in [6.07, 6.45) is 0. The van der Waals surface area contributed by atoms with Gasteiger partial charge in [-0.2, -0.15) is 5.10 Å². The van der Waals surface area contributed by atoms with Crippen LogP contribution in [0.25, 0.3) is 0 Å². The van der Waals surface area contributed by atoms with Gasteiger partial charge < -0.3 is 9.84 Å². The van der Waals surface area contributed by atoms with E-state index in [1.165, 1.54) is 25.3 Å². The molecule has 8 nitrogen and oxygen atoms in total. The Labute approximate surface area is 193 Å². The first kappa shape index (κ1) is 23.8. The maximum atomic E-state index is 13.5. The highest BCUT2D eigenvalue weighted by Crippen LogP contribution is 2.32. The van der Waals surface area contributed by atoms with E-state index in [0.717, 1.165) is 9.87 Å². The number of para-hydroxylation sites is 3. The van der Waals surface area contributed by atoms with Crippen molar-refractivity contribution in [1.29, 1.82) is 0 Å². The number of aryl methyl sites for hydroxylation is 1. The summed E-state index contributed by atoms with van der Waals surface area (Å²) in [5, 5.41) is 14.0. The topological polar surface area (TPSA) is 108 Å². The standard InChI is InChI=1S/C24H25N3O5S/c1-17-12-14-19(15-13-17)33(30,31)27(21-9-5-7-11-23(21)32-3)16-24(29)26-25-18(2)20-8-4-6-10-22(20)28/h4-15,28H,16H2,1-3H3,(H,26,29). The van der Waals surface area contributed by atoms with Crippen molar-refractivity contribution < 1.29 is 23.1 Å². The smallest absolute Gasteiger partial charge is 0.264 e. The molecule has 3 aromatic rings. The lowest BCUT2D eigenvalue weighted by atomic mass is 10.1. The molecule has 0 atom stereocenters. The van der Waals surface area contributed by atoms with E-state index in [1.807, 2.05) is 6.92 Å². The van der Waals surface area contributed by atoms with Crippen molar-refractivity contribution in [1.82, 2.24) is 5.43 Å². The second kappa shape index (κ2) is 10.2. The molecule has 0 saturated carbocycles. The average molecular weight is 468 g/mol. The van der Waals surface area contributed by atoms with Gasteiger partial charge in [-0.1, -0.05) is 42.0 Å². The normalized spacial score (nSPS) is 11.7. The van der Waals surface area contributed by atoms with Gasteiger partial charge in [-0.3, -0.25) is 9.10 Å². The third-order valence-corrected chi connectivity index (χ3v) is 6.67. The molecule has 0 spiro atoms. The Balaban J connectivity index is 1.93. The predicted octanol–water partition coefficient (Wildman–Crippen LogP) is 3.44. The summed E-state index contributed by atoms with van der Waals surface area (Å²) in [7, 11) is -2.67. The van der Waals surface area contributed by atoms with Crippen LogP contribution in [0.1, 0.15) is 18.1 Å². The van der Waals surface area contributed by atoms with Gasteiger partial charge >= 0.3 is 0 Å². The van der Waals surface area contributed by atoms with E-state index < -0.39 is 22.5 Å². The molecule has 0 aliphatic heterocycles. The van der Waals surface area contributed by atoms with Crippen LogP contribution >= 0.6 is 0 Å². The van der Waals surface area contributed by atoms with Crippen molar-refractivity contribution >= 4 is 27.3 Å². The van der Waals surface area contributed by atoms with Gasteiger partial charge in [-0.05, 0) is 50.2 Å². The molecule has 0 aliphatic carbocycles. The number of nitrogens with one attached hydrogen (secondary N) is 1. The number of sulfonamides is 1. The molecule has 172 valence electrons. The molecule has 1 amide bonds. The highest BCUT2D eigenvalue weighted by atomic mass is 32.2. The van der Waals surface area contributed by atoms with Gasteiger partial charge in [0.15, 0.2) is 0 Å². The molecule has 3 aromatic carbocycles. The summed E-state index contributed by atoms with van der Waals surface area (Å²) in [5.41, 5.74) is 4.31. The lowest BCUT2D eigenvalue weighted by molar-refractivity contribution is -0.119. The Morgan fingerprint density at radius 1 is 1.03 bits per heavy atom. The molecule has 0 bridgehead atoms. The minimum atomic E-state index is -4.09. The number of hydrogen-bond acceptors (Lipinski definition) is 6. The van der Waals surface area contributed by atoms with E-state index in [-0.39, 0.29) is 16.3 Å². The number of nitrogens with zero attached hydrogens (tertiary/aromatic N) is 2. The van der Waals surface area contributed by atoms with Crippen LogP contribution in [0, 0.1) is 6.92 Å². The SMILES string of the molecule is COc1ccccc1N(CC(=O)NN=C(C)c1ccccc1O)S(=O)(=O)c1ccc(C)cc1. The fourth-order valence-corrected chi connectivity index (χ4v) is 4.56. The number of phenols is 1. The van der Waals surface area contributed by atoms with Gasteiger partial charge in [0, 0.05) is 5.56 Å². The van der Waals surface area contributed by atoms with Crippen LogP contribution in [0.4, 0.5) is 5.69 Å². The quantitative estimate of drug-likeness (QED) is 0.390. The molecule has 0 fully saturated rings. The van der Waals surface area contributed by atoms with Gasteiger partial charge in [0.25, 0.3) is 15.9 Å². The highest BCUT2D eigenvalue weighted by molar-refractivity contribution is 7.92. The Bertz CT molecular complexity index is 1270. The number of amides is 1. The van der Waals surface area contributed by atoms with Crippen LogP contribution in [0.2, 0.25) is 0 Å². The van der Waals surface area contributed by atoms with Gasteiger partial charge in [0.2, 0.25) is 0 Å². The molecular weight excluding hydrogens is 442 g/mol. The Kier molecular flexibility index (Phi) is 7.34. The summed E-state index contributed by atoms with van der Waals surface area (Å²) in [4.78, 5) is 12.8. The third-order valence-electron chi connectivity index (χ3n) is 4.89. The van der Waals surface area contributed by atoms with Crippen LogP contribution in [0.5, 0.6) is 11.5 Å². The largest absolute Gasteiger partial charge is 0.507 e. The highest BCUT2D eigenvalue weighted by Gasteiger charge is 2.29. The Hall–Kier alpha value is -3.85. The molecule has 3 rings (SSSR count). The molecule has 0 unspecified atom stereocenters. The molecular formula is C24H25N3O5S. The number of carbonyl (C=O) groups excluding carboxylic acids is 1. The molecule has 0 aliphatic rings. The summed E-state index contributed by atoms with van der Waals surface area (Å²) < 4.78 is 33.3.